The van der Waals surface area contributed by atoms with Crippen LogP contribution in [0.2, 0.25) is 5.02 Å². The summed E-state index contributed by atoms with van der Waals surface area (Å²) < 4.78 is 25.5. The largest absolute Gasteiger partial charge is 0.398 e. The van der Waals surface area contributed by atoms with Crippen LogP contribution in [0.3, 0.4) is 0 Å². The first kappa shape index (κ1) is 12.0. The minimum absolute atomic E-state index is 0.0866. The van der Waals surface area contributed by atoms with Crippen molar-refractivity contribution in [3.8, 4) is 0 Å². The van der Waals surface area contributed by atoms with Crippen molar-refractivity contribution in [1.29, 1.82) is 0 Å². The second-order valence-corrected chi connectivity index (χ2v) is 5.00. The van der Waals surface area contributed by atoms with Gasteiger partial charge in [-0.05, 0) is 18.2 Å². The van der Waals surface area contributed by atoms with Crippen LogP contribution in [-0.4, -0.2) is 15.0 Å². The fourth-order valence-electron chi connectivity index (χ4n) is 0.927. The van der Waals surface area contributed by atoms with E-state index in [0.29, 0.717) is 5.69 Å². The number of hydrogen-bond donors (Lipinski definition) is 2. The van der Waals surface area contributed by atoms with Crippen molar-refractivity contribution >= 4 is 27.3 Å². The maximum atomic E-state index is 11.6. The lowest BCUT2D eigenvalue weighted by atomic mass is 10.3. The molecule has 0 aliphatic rings. The Kier molecular flexibility index (Phi) is 3.73. The van der Waals surface area contributed by atoms with E-state index in [4.69, 9.17) is 17.3 Å². The van der Waals surface area contributed by atoms with E-state index in [1.807, 2.05) is 0 Å². The van der Waals surface area contributed by atoms with E-state index >= 15 is 0 Å². The van der Waals surface area contributed by atoms with Crippen LogP contribution >= 0.6 is 11.6 Å². The Hall–Kier alpha value is -1.04. The Morgan fingerprint density at radius 3 is 2.73 bits per heavy atom. The molecule has 1 aromatic carbocycles. The molecule has 0 unspecified atom stereocenters. The molecule has 0 saturated heterocycles. The van der Waals surface area contributed by atoms with Gasteiger partial charge in [0.05, 0.1) is 15.6 Å². The van der Waals surface area contributed by atoms with Crippen molar-refractivity contribution in [2.45, 2.75) is 4.90 Å². The van der Waals surface area contributed by atoms with Gasteiger partial charge in [0.2, 0.25) is 10.0 Å². The zero-order valence-corrected chi connectivity index (χ0v) is 9.48. The van der Waals surface area contributed by atoms with E-state index < -0.39 is 10.0 Å². The van der Waals surface area contributed by atoms with E-state index in [1.54, 1.807) is 0 Å². The number of nitrogens with one attached hydrogen (secondary N) is 1. The number of hydrogen-bond acceptors (Lipinski definition) is 3. The molecule has 0 aliphatic heterocycles. The topological polar surface area (TPSA) is 72.2 Å². The normalized spacial score (nSPS) is 11.3. The Bertz CT molecular complexity index is 471. The van der Waals surface area contributed by atoms with E-state index in [1.165, 1.54) is 24.3 Å². The maximum absolute atomic E-state index is 11.6. The predicted octanol–water partition coefficient (Wildman–Crippen LogP) is 1.39. The summed E-state index contributed by atoms with van der Waals surface area (Å²) in [5.41, 5.74) is 5.82. The van der Waals surface area contributed by atoms with Crippen LogP contribution < -0.4 is 10.5 Å². The predicted molar refractivity (Wildman–Crippen MR) is 61.2 cm³/mol. The van der Waals surface area contributed by atoms with Gasteiger partial charge < -0.3 is 5.73 Å². The van der Waals surface area contributed by atoms with Crippen LogP contribution in [0, 0.1) is 0 Å². The van der Waals surface area contributed by atoms with E-state index in [9.17, 15) is 8.42 Å². The minimum atomic E-state index is -3.52. The van der Waals surface area contributed by atoms with Gasteiger partial charge >= 0.3 is 0 Å². The van der Waals surface area contributed by atoms with Gasteiger partial charge in [-0.2, -0.15) is 0 Å². The number of halogens is 1. The van der Waals surface area contributed by atoms with Gasteiger partial charge in [0.1, 0.15) is 0 Å². The summed E-state index contributed by atoms with van der Waals surface area (Å²) >= 11 is 5.72. The summed E-state index contributed by atoms with van der Waals surface area (Å²) in [6, 6.07) is 4.15. The molecule has 0 heterocycles. The highest BCUT2D eigenvalue weighted by atomic mass is 35.5. The molecule has 0 fully saturated rings. The highest BCUT2D eigenvalue weighted by Crippen LogP contribution is 2.22. The lowest BCUT2D eigenvalue weighted by molar-refractivity contribution is 0.585. The van der Waals surface area contributed by atoms with Crippen molar-refractivity contribution in [2.24, 2.45) is 0 Å². The standard InChI is InChI=1S/C9H11ClN2O2S/c1-2-5-12-15(13,14)7-3-4-9(11)8(10)6-7/h2-4,6,12H,1,5,11H2. The van der Waals surface area contributed by atoms with Crippen molar-refractivity contribution in [1.82, 2.24) is 4.72 Å². The quantitative estimate of drug-likeness (QED) is 0.623. The van der Waals surface area contributed by atoms with Crippen molar-refractivity contribution in [3.05, 3.63) is 35.9 Å². The minimum Gasteiger partial charge on any atom is -0.398 e. The van der Waals surface area contributed by atoms with E-state index in [2.05, 4.69) is 11.3 Å². The molecule has 0 bridgehead atoms. The van der Waals surface area contributed by atoms with Gasteiger partial charge in [0.15, 0.2) is 0 Å². The SMILES string of the molecule is C=CCNS(=O)(=O)c1ccc(N)c(Cl)c1. The van der Waals surface area contributed by atoms with Crippen LogP contribution in [0.1, 0.15) is 0 Å². The number of sulfonamides is 1. The third-order valence-corrected chi connectivity index (χ3v) is 3.45. The molecule has 0 aromatic heterocycles. The third kappa shape index (κ3) is 2.95. The zero-order valence-electron chi connectivity index (χ0n) is 7.90. The van der Waals surface area contributed by atoms with E-state index in [-0.39, 0.29) is 16.5 Å². The molecule has 0 atom stereocenters. The smallest absolute Gasteiger partial charge is 0.240 e. The second kappa shape index (κ2) is 4.65. The average Bonchev–Trinajstić information content (AvgIpc) is 2.19. The Balaban J connectivity index is 3.05. The number of nitrogen functional groups attached to an aromatic ring is 1. The first-order valence-electron chi connectivity index (χ1n) is 4.13. The summed E-state index contributed by atoms with van der Waals surface area (Å²) in [5, 5.41) is 0.219. The molecule has 0 aliphatic carbocycles. The molecule has 1 aromatic rings. The summed E-state index contributed by atoms with van der Waals surface area (Å²) in [6.45, 7) is 3.59. The van der Waals surface area contributed by atoms with Crippen LogP contribution in [0.15, 0.2) is 35.7 Å². The zero-order chi connectivity index (χ0) is 11.5. The molecule has 0 radical (unpaired) electrons. The second-order valence-electron chi connectivity index (χ2n) is 2.82. The Labute approximate surface area is 93.8 Å². The van der Waals surface area contributed by atoms with Gasteiger partial charge in [-0.25, -0.2) is 13.1 Å². The Morgan fingerprint density at radius 1 is 1.53 bits per heavy atom. The lowest BCUT2D eigenvalue weighted by Gasteiger charge is -2.05. The molecule has 3 N–H and O–H groups in total. The van der Waals surface area contributed by atoms with Crippen LogP contribution in [0.4, 0.5) is 5.69 Å². The molecule has 1 rings (SSSR count). The van der Waals surface area contributed by atoms with Crippen LogP contribution in [0.5, 0.6) is 0 Å². The highest BCUT2D eigenvalue weighted by molar-refractivity contribution is 7.89. The highest BCUT2D eigenvalue weighted by Gasteiger charge is 2.13. The van der Waals surface area contributed by atoms with Crippen LogP contribution in [-0.2, 0) is 10.0 Å². The fourth-order valence-corrected chi connectivity index (χ4v) is 2.20. The number of anilines is 1. The molecular weight excluding hydrogens is 236 g/mol. The van der Waals surface area contributed by atoms with Crippen molar-refractivity contribution < 1.29 is 8.42 Å². The monoisotopic (exact) mass is 246 g/mol. The summed E-state index contributed by atoms with van der Waals surface area (Å²) in [5.74, 6) is 0. The van der Waals surface area contributed by atoms with Gasteiger partial charge in [-0.15, -0.1) is 6.58 Å². The van der Waals surface area contributed by atoms with Gasteiger partial charge in [-0.3, -0.25) is 0 Å². The molecule has 82 valence electrons. The third-order valence-electron chi connectivity index (χ3n) is 1.70. The summed E-state index contributed by atoms with van der Waals surface area (Å²) in [7, 11) is -3.52. The number of rotatable bonds is 4. The number of benzene rings is 1. The molecule has 0 amide bonds. The first-order chi connectivity index (χ1) is 6.97. The van der Waals surface area contributed by atoms with Crippen LogP contribution in [0.25, 0.3) is 0 Å². The van der Waals surface area contributed by atoms with E-state index in [0.717, 1.165) is 0 Å². The molecule has 4 nitrogen and oxygen atoms in total. The molecule has 0 saturated carbocycles. The number of nitrogens with two attached hydrogens (primary N) is 1. The van der Waals surface area contributed by atoms with Crippen molar-refractivity contribution in [3.63, 3.8) is 0 Å². The molecule has 0 spiro atoms. The van der Waals surface area contributed by atoms with Gasteiger partial charge in [-0.1, -0.05) is 17.7 Å². The Morgan fingerprint density at radius 2 is 2.20 bits per heavy atom. The van der Waals surface area contributed by atoms with Gasteiger partial charge in [0.25, 0.3) is 0 Å². The molecule has 6 heteroatoms. The first-order valence-corrected chi connectivity index (χ1v) is 5.99. The summed E-state index contributed by atoms with van der Waals surface area (Å²) in [6.07, 6.45) is 1.45. The fraction of sp³-hybridized carbons (Fsp3) is 0.111. The van der Waals surface area contributed by atoms with Crippen molar-refractivity contribution in [2.75, 3.05) is 12.3 Å². The maximum Gasteiger partial charge on any atom is 0.240 e. The average molecular weight is 247 g/mol. The molecular formula is C9H11ClN2O2S. The van der Waals surface area contributed by atoms with Gasteiger partial charge in [0, 0.05) is 6.54 Å². The summed E-state index contributed by atoms with van der Waals surface area (Å²) in [4.78, 5) is 0.0866. The molecule has 15 heavy (non-hydrogen) atoms. The lowest BCUT2D eigenvalue weighted by Crippen LogP contribution is -2.23.